The molecule has 1 N–H and O–H groups in total. The molecule has 0 aliphatic heterocycles. The second-order valence-electron chi connectivity index (χ2n) is 6.22. The molecule has 2 aromatic carbocycles. The largest absolute Gasteiger partial charge is 0.496 e. The van der Waals surface area contributed by atoms with Crippen molar-refractivity contribution >= 4 is 5.91 Å². The normalized spacial score (nSPS) is 10.3. The molecule has 0 aliphatic carbocycles. The first kappa shape index (κ1) is 20.4. The molecule has 0 aromatic heterocycles. The van der Waals surface area contributed by atoms with Crippen LogP contribution in [0.3, 0.4) is 0 Å². The summed E-state index contributed by atoms with van der Waals surface area (Å²) in [7, 11) is 4.70. The van der Waals surface area contributed by atoms with Gasteiger partial charge in [-0.05, 0) is 43.2 Å². The SMILES string of the molecule is COc1cc(OC)c(OC)cc1CNC(=O)CCOc1cc(C)cc(C)c1. The van der Waals surface area contributed by atoms with Crippen molar-refractivity contribution < 1.29 is 23.7 Å². The first-order chi connectivity index (χ1) is 13.0. The van der Waals surface area contributed by atoms with E-state index in [2.05, 4.69) is 11.4 Å². The van der Waals surface area contributed by atoms with Gasteiger partial charge >= 0.3 is 0 Å². The van der Waals surface area contributed by atoms with Crippen molar-refractivity contribution in [2.45, 2.75) is 26.8 Å². The van der Waals surface area contributed by atoms with E-state index in [-0.39, 0.29) is 12.3 Å². The van der Waals surface area contributed by atoms with E-state index in [1.165, 1.54) is 0 Å². The van der Waals surface area contributed by atoms with Crippen LogP contribution in [0.5, 0.6) is 23.0 Å². The van der Waals surface area contributed by atoms with E-state index in [1.54, 1.807) is 33.5 Å². The summed E-state index contributed by atoms with van der Waals surface area (Å²) in [5.41, 5.74) is 3.07. The summed E-state index contributed by atoms with van der Waals surface area (Å²) < 4.78 is 21.6. The molecule has 146 valence electrons. The fourth-order valence-corrected chi connectivity index (χ4v) is 2.79. The molecule has 0 unspecified atom stereocenters. The highest BCUT2D eigenvalue weighted by atomic mass is 16.5. The Balaban J connectivity index is 1.89. The van der Waals surface area contributed by atoms with Crippen molar-refractivity contribution in [2.75, 3.05) is 27.9 Å². The summed E-state index contributed by atoms with van der Waals surface area (Å²) in [6.45, 7) is 4.68. The number of hydrogen-bond donors (Lipinski definition) is 1. The number of hydrogen-bond acceptors (Lipinski definition) is 5. The van der Waals surface area contributed by atoms with Gasteiger partial charge in [0.2, 0.25) is 5.91 Å². The van der Waals surface area contributed by atoms with Gasteiger partial charge < -0.3 is 24.3 Å². The minimum Gasteiger partial charge on any atom is -0.496 e. The Bertz CT molecular complexity index is 768. The zero-order valence-electron chi connectivity index (χ0n) is 16.5. The van der Waals surface area contributed by atoms with Crippen LogP contribution in [0, 0.1) is 13.8 Å². The van der Waals surface area contributed by atoms with Gasteiger partial charge in [0, 0.05) is 18.2 Å². The Kier molecular flexibility index (Phi) is 7.34. The molecule has 27 heavy (non-hydrogen) atoms. The first-order valence-corrected chi connectivity index (χ1v) is 8.73. The van der Waals surface area contributed by atoms with Gasteiger partial charge in [-0.1, -0.05) is 6.07 Å². The number of carbonyl (C=O) groups is 1. The molecule has 0 fully saturated rings. The predicted octanol–water partition coefficient (Wildman–Crippen LogP) is 3.41. The van der Waals surface area contributed by atoms with Crippen molar-refractivity contribution in [3.8, 4) is 23.0 Å². The maximum absolute atomic E-state index is 12.1. The predicted molar refractivity (Wildman–Crippen MR) is 104 cm³/mol. The molecule has 2 aromatic rings. The molecule has 0 spiro atoms. The average Bonchev–Trinajstić information content (AvgIpc) is 2.64. The quantitative estimate of drug-likeness (QED) is 0.730. The average molecular weight is 373 g/mol. The number of nitrogens with one attached hydrogen (secondary N) is 1. The fraction of sp³-hybridized carbons (Fsp3) is 0.381. The lowest BCUT2D eigenvalue weighted by molar-refractivity contribution is -0.121. The van der Waals surface area contributed by atoms with Crippen molar-refractivity contribution in [1.29, 1.82) is 0 Å². The standard InChI is InChI=1S/C21H27NO5/c1-14-8-15(2)10-17(9-14)27-7-6-21(23)22-13-16-11-19(25-4)20(26-5)12-18(16)24-3/h8-12H,6-7,13H2,1-5H3,(H,22,23). The zero-order valence-corrected chi connectivity index (χ0v) is 16.5. The fourth-order valence-electron chi connectivity index (χ4n) is 2.79. The Hall–Kier alpha value is -2.89. The second-order valence-corrected chi connectivity index (χ2v) is 6.22. The lowest BCUT2D eigenvalue weighted by Gasteiger charge is -2.14. The third-order valence-electron chi connectivity index (χ3n) is 4.06. The minimum atomic E-state index is -0.101. The van der Waals surface area contributed by atoms with Crippen LogP contribution in [0.1, 0.15) is 23.1 Å². The van der Waals surface area contributed by atoms with Crippen molar-refractivity contribution in [2.24, 2.45) is 0 Å². The lowest BCUT2D eigenvalue weighted by atomic mass is 10.1. The molecule has 0 atom stereocenters. The first-order valence-electron chi connectivity index (χ1n) is 8.73. The maximum Gasteiger partial charge on any atom is 0.223 e. The Morgan fingerprint density at radius 3 is 2.04 bits per heavy atom. The number of amides is 1. The molecule has 1 amide bonds. The van der Waals surface area contributed by atoms with Crippen molar-refractivity contribution in [1.82, 2.24) is 5.32 Å². The topological polar surface area (TPSA) is 66.0 Å². The number of ether oxygens (including phenoxy) is 4. The zero-order chi connectivity index (χ0) is 19.8. The molecule has 0 bridgehead atoms. The number of methoxy groups -OCH3 is 3. The van der Waals surface area contributed by atoms with Gasteiger partial charge in [0.25, 0.3) is 0 Å². The van der Waals surface area contributed by atoms with E-state index in [0.717, 1.165) is 22.4 Å². The third-order valence-corrected chi connectivity index (χ3v) is 4.06. The molecule has 0 saturated carbocycles. The summed E-state index contributed by atoms with van der Waals surface area (Å²) in [4.78, 5) is 12.1. The summed E-state index contributed by atoms with van der Waals surface area (Å²) in [5.74, 6) is 2.46. The van der Waals surface area contributed by atoms with Crippen molar-refractivity contribution in [3.63, 3.8) is 0 Å². The van der Waals surface area contributed by atoms with Gasteiger partial charge in [-0.3, -0.25) is 4.79 Å². The molecule has 0 aliphatic rings. The number of benzene rings is 2. The van der Waals surface area contributed by atoms with Gasteiger partial charge in [-0.2, -0.15) is 0 Å². The van der Waals surface area contributed by atoms with Gasteiger partial charge in [0.05, 0.1) is 34.4 Å². The molecule has 6 heteroatoms. The molecule has 6 nitrogen and oxygen atoms in total. The van der Waals surface area contributed by atoms with Crippen molar-refractivity contribution in [3.05, 3.63) is 47.0 Å². The summed E-state index contributed by atoms with van der Waals surface area (Å²) in [5, 5.41) is 2.88. The van der Waals surface area contributed by atoms with E-state index in [1.807, 2.05) is 26.0 Å². The van der Waals surface area contributed by atoms with Gasteiger partial charge in [0.1, 0.15) is 11.5 Å². The Morgan fingerprint density at radius 1 is 0.852 bits per heavy atom. The molecular formula is C21H27NO5. The Labute approximate surface area is 160 Å². The van der Waals surface area contributed by atoms with Crippen LogP contribution in [-0.2, 0) is 11.3 Å². The highest BCUT2D eigenvalue weighted by Crippen LogP contribution is 2.34. The van der Waals surface area contributed by atoms with E-state index in [4.69, 9.17) is 18.9 Å². The summed E-state index contributed by atoms with van der Waals surface area (Å²) in [6.07, 6.45) is 0.266. The van der Waals surface area contributed by atoms with Crippen LogP contribution in [0.25, 0.3) is 0 Å². The highest BCUT2D eigenvalue weighted by Gasteiger charge is 2.12. The van der Waals surface area contributed by atoms with Gasteiger partial charge in [0.15, 0.2) is 11.5 Å². The van der Waals surface area contributed by atoms with Gasteiger partial charge in [-0.25, -0.2) is 0 Å². The monoisotopic (exact) mass is 373 g/mol. The highest BCUT2D eigenvalue weighted by molar-refractivity contribution is 5.76. The number of aryl methyl sites for hydroxylation is 2. The smallest absolute Gasteiger partial charge is 0.223 e. The van der Waals surface area contributed by atoms with Crippen LogP contribution >= 0.6 is 0 Å². The van der Waals surface area contributed by atoms with Crippen LogP contribution in [0.2, 0.25) is 0 Å². The second kappa shape index (κ2) is 9.71. The minimum absolute atomic E-state index is 0.101. The van der Waals surface area contributed by atoms with Crippen LogP contribution in [-0.4, -0.2) is 33.8 Å². The van der Waals surface area contributed by atoms with Crippen LogP contribution in [0.4, 0.5) is 0 Å². The molecule has 0 radical (unpaired) electrons. The number of carbonyl (C=O) groups excluding carboxylic acids is 1. The molecule has 2 rings (SSSR count). The number of rotatable bonds is 9. The summed E-state index contributed by atoms with van der Waals surface area (Å²) >= 11 is 0. The van der Waals surface area contributed by atoms with Crippen LogP contribution < -0.4 is 24.3 Å². The maximum atomic E-state index is 12.1. The van der Waals surface area contributed by atoms with E-state index in [0.29, 0.717) is 30.4 Å². The summed E-state index contributed by atoms with van der Waals surface area (Å²) in [6, 6.07) is 9.53. The van der Waals surface area contributed by atoms with E-state index < -0.39 is 0 Å². The molecule has 0 heterocycles. The molecular weight excluding hydrogens is 346 g/mol. The third kappa shape index (κ3) is 5.81. The molecule has 0 saturated heterocycles. The van der Waals surface area contributed by atoms with E-state index in [9.17, 15) is 4.79 Å². The van der Waals surface area contributed by atoms with Gasteiger partial charge in [-0.15, -0.1) is 0 Å². The van der Waals surface area contributed by atoms with E-state index >= 15 is 0 Å². The lowest BCUT2D eigenvalue weighted by Crippen LogP contribution is -2.24. The Morgan fingerprint density at radius 2 is 1.44 bits per heavy atom. The van der Waals surface area contributed by atoms with Crippen LogP contribution in [0.15, 0.2) is 30.3 Å².